The van der Waals surface area contributed by atoms with E-state index in [1.165, 1.54) is 68.0 Å². The van der Waals surface area contributed by atoms with Crippen LogP contribution in [0, 0.1) is 0 Å². The van der Waals surface area contributed by atoms with Gasteiger partial charge in [0.15, 0.2) is 0 Å². The van der Waals surface area contributed by atoms with Crippen LogP contribution in [0.4, 0.5) is 0 Å². The van der Waals surface area contributed by atoms with E-state index in [1.54, 1.807) is 0 Å². The highest BCUT2D eigenvalue weighted by Crippen LogP contribution is 2.48. The van der Waals surface area contributed by atoms with Gasteiger partial charge in [-0.2, -0.15) is 0 Å². The maximum absolute atomic E-state index is 2.43. The minimum atomic E-state index is 0.531. The van der Waals surface area contributed by atoms with Crippen LogP contribution in [0.1, 0.15) is 36.8 Å². The third kappa shape index (κ3) is 2.35. The molecule has 0 spiro atoms. The van der Waals surface area contributed by atoms with E-state index < -0.39 is 0 Å². The maximum Gasteiger partial charge on any atom is 0.0568 e. The second kappa shape index (κ2) is 6.60. The van der Waals surface area contributed by atoms with E-state index in [1.807, 2.05) is 0 Å². The fraction of sp³-hybridized carbons (Fsp3) is 0.172. The average molecular weight is 388 g/mol. The van der Waals surface area contributed by atoms with Crippen LogP contribution in [0.25, 0.3) is 44.1 Å². The van der Waals surface area contributed by atoms with Gasteiger partial charge in [-0.1, -0.05) is 86.1 Å². The topological polar surface area (TPSA) is 4.93 Å². The number of aryl methyl sites for hydroxylation is 1. The Bertz CT molecular complexity index is 1420. The third-order valence-corrected chi connectivity index (χ3v) is 6.87. The van der Waals surface area contributed by atoms with Crippen molar-refractivity contribution in [3.63, 3.8) is 0 Å². The zero-order valence-corrected chi connectivity index (χ0v) is 17.5. The number of hydrogen-bond donors (Lipinski definition) is 0. The standard InChI is InChI=1S/C29H25N/c1-3-9-21-22-10-4-5-11-23(22)27-18-19(16-17-24(21)27)20-13-8-14-26-25-12-6-7-15-28(25)30(2)29(20)26/h4-8,10-18,21H,3,9H2,1-2H3. The molecule has 146 valence electrons. The molecule has 30 heavy (non-hydrogen) atoms. The lowest BCUT2D eigenvalue weighted by Crippen LogP contribution is -1.96. The molecule has 0 aliphatic heterocycles. The van der Waals surface area contributed by atoms with Crippen LogP contribution >= 0.6 is 0 Å². The fourth-order valence-corrected chi connectivity index (χ4v) is 5.54. The molecule has 1 heterocycles. The zero-order chi connectivity index (χ0) is 20.2. The van der Waals surface area contributed by atoms with Gasteiger partial charge < -0.3 is 4.57 Å². The largest absolute Gasteiger partial charge is 0.343 e. The molecule has 1 nitrogen and oxygen atoms in total. The van der Waals surface area contributed by atoms with Gasteiger partial charge in [0.2, 0.25) is 0 Å². The van der Waals surface area contributed by atoms with E-state index >= 15 is 0 Å². The summed E-state index contributed by atoms with van der Waals surface area (Å²) >= 11 is 0. The predicted molar refractivity (Wildman–Crippen MR) is 128 cm³/mol. The number of rotatable bonds is 3. The Morgan fingerprint density at radius 3 is 2.33 bits per heavy atom. The van der Waals surface area contributed by atoms with Crippen LogP contribution in [0.15, 0.2) is 84.9 Å². The molecular weight excluding hydrogens is 362 g/mol. The van der Waals surface area contributed by atoms with Gasteiger partial charge in [0.1, 0.15) is 0 Å². The Morgan fingerprint density at radius 1 is 0.700 bits per heavy atom. The van der Waals surface area contributed by atoms with Crippen molar-refractivity contribution in [3.05, 3.63) is 96.1 Å². The highest BCUT2D eigenvalue weighted by molar-refractivity contribution is 6.12. The molecule has 1 aromatic heterocycles. The minimum Gasteiger partial charge on any atom is -0.343 e. The smallest absolute Gasteiger partial charge is 0.0568 e. The minimum absolute atomic E-state index is 0.531. The van der Waals surface area contributed by atoms with Gasteiger partial charge in [0.05, 0.1) is 5.52 Å². The number of benzene rings is 4. The third-order valence-electron chi connectivity index (χ3n) is 6.87. The quantitative estimate of drug-likeness (QED) is 0.296. The molecule has 1 unspecified atom stereocenters. The zero-order valence-electron chi connectivity index (χ0n) is 17.5. The Labute approximate surface area is 177 Å². The molecule has 1 heteroatoms. The van der Waals surface area contributed by atoms with E-state index in [4.69, 9.17) is 0 Å². The van der Waals surface area contributed by atoms with Gasteiger partial charge in [0, 0.05) is 34.8 Å². The van der Waals surface area contributed by atoms with E-state index in [0.29, 0.717) is 5.92 Å². The molecule has 1 aliphatic carbocycles. The number of hydrogen-bond acceptors (Lipinski definition) is 0. The van der Waals surface area contributed by atoms with E-state index in [9.17, 15) is 0 Å². The Balaban J connectivity index is 1.61. The van der Waals surface area contributed by atoms with E-state index in [0.717, 1.165) is 0 Å². The van der Waals surface area contributed by atoms with Crippen LogP contribution in [0.5, 0.6) is 0 Å². The van der Waals surface area contributed by atoms with Crippen molar-refractivity contribution in [2.45, 2.75) is 25.7 Å². The van der Waals surface area contributed by atoms with Gasteiger partial charge in [-0.3, -0.25) is 0 Å². The number of para-hydroxylation sites is 2. The van der Waals surface area contributed by atoms with Gasteiger partial charge in [-0.15, -0.1) is 0 Å². The summed E-state index contributed by atoms with van der Waals surface area (Å²) in [5, 5.41) is 2.65. The number of aromatic nitrogens is 1. The summed E-state index contributed by atoms with van der Waals surface area (Å²) in [7, 11) is 2.19. The maximum atomic E-state index is 2.43. The van der Waals surface area contributed by atoms with E-state index in [-0.39, 0.29) is 0 Å². The molecule has 0 saturated heterocycles. The SMILES string of the molecule is CCCC1c2ccccc2-c2cc(-c3cccc4c5ccccc5n(C)c34)ccc21. The summed E-state index contributed by atoms with van der Waals surface area (Å²) < 4.78 is 2.35. The van der Waals surface area contributed by atoms with E-state index in [2.05, 4.69) is 103 Å². The van der Waals surface area contributed by atoms with Crippen LogP contribution in [-0.2, 0) is 7.05 Å². The average Bonchev–Trinajstić information content (AvgIpc) is 3.27. The molecule has 0 saturated carbocycles. The predicted octanol–water partition coefficient (Wildman–Crippen LogP) is 7.91. The Morgan fingerprint density at radius 2 is 1.43 bits per heavy atom. The number of fused-ring (bicyclic) bond motifs is 6. The van der Waals surface area contributed by atoms with Crippen LogP contribution in [-0.4, -0.2) is 4.57 Å². The first kappa shape index (κ1) is 17.5. The van der Waals surface area contributed by atoms with Crippen molar-refractivity contribution in [2.24, 2.45) is 7.05 Å². The lowest BCUT2D eigenvalue weighted by molar-refractivity contribution is 0.711. The van der Waals surface area contributed by atoms with Crippen molar-refractivity contribution in [3.8, 4) is 22.3 Å². The molecule has 4 aromatic carbocycles. The van der Waals surface area contributed by atoms with Crippen molar-refractivity contribution >= 4 is 21.8 Å². The van der Waals surface area contributed by atoms with Gasteiger partial charge in [0.25, 0.3) is 0 Å². The van der Waals surface area contributed by atoms with Crippen LogP contribution < -0.4 is 0 Å². The van der Waals surface area contributed by atoms with Gasteiger partial charge in [-0.25, -0.2) is 0 Å². The highest BCUT2D eigenvalue weighted by Gasteiger charge is 2.28. The summed E-state index contributed by atoms with van der Waals surface area (Å²) in [6, 6.07) is 31.5. The van der Waals surface area contributed by atoms with Crippen molar-refractivity contribution in [1.82, 2.24) is 4.57 Å². The van der Waals surface area contributed by atoms with Crippen molar-refractivity contribution < 1.29 is 0 Å². The first-order valence-corrected chi connectivity index (χ1v) is 11.0. The first-order valence-electron chi connectivity index (χ1n) is 11.0. The summed E-state index contributed by atoms with van der Waals surface area (Å²) in [5.74, 6) is 0.531. The van der Waals surface area contributed by atoms with Gasteiger partial charge >= 0.3 is 0 Å². The highest BCUT2D eigenvalue weighted by atomic mass is 14.9. The summed E-state index contributed by atoms with van der Waals surface area (Å²) in [4.78, 5) is 0. The molecule has 0 bridgehead atoms. The summed E-state index contributed by atoms with van der Waals surface area (Å²) in [6.45, 7) is 2.29. The van der Waals surface area contributed by atoms with Crippen molar-refractivity contribution in [2.75, 3.05) is 0 Å². The summed E-state index contributed by atoms with van der Waals surface area (Å²) in [6.07, 6.45) is 2.41. The molecule has 1 aliphatic rings. The van der Waals surface area contributed by atoms with Gasteiger partial charge in [-0.05, 0) is 46.4 Å². The second-order valence-corrected chi connectivity index (χ2v) is 8.51. The molecule has 6 rings (SSSR count). The normalized spacial score (nSPS) is 14.9. The molecule has 0 amide bonds. The molecule has 5 aromatic rings. The molecule has 1 atom stereocenters. The molecule has 0 N–H and O–H groups in total. The fourth-order valence-electron chi connectivity index (χ4n) is 5.54. The number of nitrogens with zero attached hydrogens (tertiary/aromatic N) is 1. The van der Waals surface area contributed by atoms with Crippen LogP contribution in [0.2, 0.25) is 0 Å². The van der Waals surface area contributed by atoms with Crippen LogP contribution in [0.3, 0.4) is 0 Å². The summed E-state index contributed by atoms with van der Waals surface area (Å²) in [5.41, 5.74) is 11.0. The molecular formula is C29H25N. The Hall–Kier alpha value is -3.32. The molecule has 0 radical (unpaired) electrons. The lowest BCUT2D eigenvalue weighted by atomic mass is 9.91. The Kier molecular flexibility index (Phi) is 3.86. The van der Waals surface area contributed by atoms with Crippen molar-refractivity contribution in [1.29, 1.82) is 0 Å². The lowest BCUT2D eigenvalue weighted by Gasteiger charge is -2.13. The first-order chi connectivity index (χ1) is 14.8. The monoisotopic (exact) mass is 387 g/mol. The second-order valence-electron chi connectivity index (χ2n) is 8.51. The molecule has 0 fully saturated rings.